The molecule has 1 fully saturated rings. The molecule has 15 heavy (non-hydrogen) atoms. The number of hydrogen-bond donors (Lipinski definition) is 3. The van der Waals surface area contributed by atoms with E-state index in [0.29, 0.717) is 13.1 Å². The second-order valence-corrected chi connectivity index (χ2v) is 3.99. The zero-order valence-electron chi connectivity index (χ0n) is 8.69. The predicted octanol–water partition coefficient (Wildman–Crippen LogP) is 0.298. The molecule has 2 rings (SSSR count). The molecule has 0 saturated carbocycles. The Hall–Kier alpha value is -1.26. The van der Waals surface area contributed by atoms with Crippen molar-refractivity contribution in [3.63, 3.8) is 0 Å². The van der Waals surface area contributed by atoms with Gasteiger partial charge in [-0.25, -0.2) is 0 Å². The first-order valence-electron chi connectivity index (χ1n) is 5.22. The number of nitrogens with zero attached hydrogens (tertiary/aromatic N) is 1. The van der Waals surface area contributed by atoms with Gasteiger partial charge in [-0.2, -0.15) is 0 Å². The van der Waals surface area contributed by atoms with Gasteiger partial charge in [-0.3, -0.25) is 0 Å². The van der Waals surface area contributed by atoms with Crippen molar-refractivity contribution in [1.29, 1.82) is 0 Å². The third kappa shape index (κ3) is 2.06. The molecular formula is C11H17N3O. The monoisotopic (exact) mass is 207 g/mol. The highest BCUT2D eigenvalue weighted by molar-refractivity contribution is 5.68. The molecule has 0 amide bonds. The maximum absolute atomic E-state index is 9.45. The van der Waals surface area contributed by atoms with Crippen LogP contribution in [0.4, 0.5) is 11.4 Å². The van der Waals surface area contributed by atoms with Gasteiger partial charge in [-0.1, -0.05) is 6.07 Å². The van der Waals surface area contributed by atoms with Crippen LogP contribution in [0, 0.1) is 0 Å². The lowest BCUT2D eigenvalue weighted by molar-refractivity contribution is 0.198. The van der Waals surface area contributed by atoms with Crippen molar-refractivity contribution in [3.05, 3.63) is 23.8 Å². The van der Waals surface area contributed by atoms with Crippen LogP contribution in [0.2, 0.25) is 0 Å². The highest BCUT2D eigenvalue weighted by Gasteiger charge is 2.21. The van der Waals surface area contributed by atoms with Crippen LogP contribution >= 0.6 is 0 Å². The van der Waals surface area contributed by atoms with Crippen molar-refractivity contribution >= 4 is 11.4 Å². The van der Waals surface area contributed by atoms with Crippen molar-refractivity contribution in [1.82, 2.24) is 0 Å². The number of benzene rings is 1. The van der Waals surface area contributed by atoms with E-state index in [4.69, 9.17) is 11.5 Å². The van der Waals surface area contributed by atoms with Crippen molar-refractivity contribution in [2.45, 2.75) is 19.1 Å². The maximum Gasteiger partial charge on any atom is 0.0731 e. The molecule has 0 bridgehead atoms. The van der Waals surface area contributed by atoms with Gasteiger partial charge in [0, 0.05) is 19.6 Å². The summed E-state index contributed by atoms with van der Waals surface area (Å²) < 4.78 is 0. The Balaban J connectivity index is 2.21. The summed E-state index contributed by atoms with van der Waals surface area (Å²) in [5, 5.41) is 9.45. The zero-order chi connectivity index (χ0) is 10.8. The van der Waals surface area contributed by atoms with Crippen molar-refractivity contribution < 1.29 is 5.11 Å². The molecule has 0 spiro atoms. The summed E-state index contributed by atoms with van der Waals surface area (Å²) in [5.41, 5.74) is 14.3. The van der Waals surface area contributed by atoms with Gasteiger partial charge in [-0.15, -0.1) is 0 Å². The number of anilines is 2. The van der Waals surface area contributed by atoms with Gasteiger partial charge < -0.3 is 21.5 Å². The zero-order valence-corrected chi connectivity index (χ0v) is 8.69. The highest BCUT2D eigenvalue weighted by Crippen LogP contribution is 2.27. The molecule has 82 valence electrons. The largest absolute Gasteiger partial charge is 0.397 e. The Labute approximate surface area is 89.5 Å². The van der Waals surface area contributed by atoms with Crippen molar-refractivity contribution in [3.8, 4) is 0 Å². The van der Waals surface area contributed by atoms with E-state index in [-0.39, 0.29) is 6.10 Å². The van der Waals surface area contributed by atoms with Crippen LogP contribution in [-0.2, 0) is 6.54 Å². The molecule has 4 nitrogen and oxygen atoms in total. The Bertz CT molecular complexity index is 354. The van der Waals surface area contributed by atoms with Gasteiger partial charge >= 0.3 is 0 Å². The lowest BCUT2D eigenvalue weighted by atomic mass is 10.1. The summed E-state index contributed by atoms with van der Waals surface area (Å²) in [6, 6.07) is 5.87. The van der Waals surface area contributed by atoms with Crippen LogP contribution in [0.1, 0.15) is 12.0 Å². The van der Waals surface area contributed by atoms with Gasteiger partial charge in [0.1, 0.15) is 0 Å². The third-order valence-corrected chi connectivity index (χ3v) is 2.83. The summed E-state index contributed by atoms with van der Waals surface area (Å²) in [6.07, 6.45) is 0.594. The molecule has 1 heterocycles. The quantitative estimate of drug-likeness (QED) is 0.610. The SMILES string of the molecule is NCc1ccc(N2CCC(O)C2)c(N)c1. The van der Waals surface area contributed by atoms with Gasteiger partial charge in [0.15, 0.2) is 0 Å². The van der Waals surface area contributed by atoms with Crippen LogP contribution in [0.25, 0.3) is 0 Å². The fourth-order valence-electron chi connectivity index (χ4n) is 1.98. The molecule has 1 aliphatic rings. The van der Waals surface area contributed by atoms with Crippen LogP contribution in [0.15, 0.2) is 18.2 Å². The predicted molar refractivity (Wildman–Crippen MR) is 61.6 cm³/mol. The van der Waals surface area contributed by atoms with Gasteiger partial charge in [0.05, 0.1) is 17.5 Å². The fourth-order valence-corrected chi connectivity index (χ4v) is 1.98. The smallest absolute Gasteiger partial charge is 0.0731 e. The topological polar surface area (TPSA) is 75.5 Å². The number of nitrogens with two attached hydrogens (primary N) is 2. The van der Waals surface area contributed by atoms with Crippen LogP contribution in [-0.4, -0.2) is 24.3 Å². The molecule has 1 unspecified atom stereocenters. The van der Waals surface area contributed by atoms with E-state index in [1.807, 2.05) is 18.2 Å². The van der Waals surface area contributed by atoms with E-state index in [0.717, 1.165) is 29.9 Å². The second kappa shape index (κ2) is 4.08. The average molecular weight is 207 g/mol. The van der Waals surface area contributed by atoms with E-state index in [9.17, 15) is 5.11 Å². The maximum atomic E-state index is 9.45. The molecule has 1 saturated heterocycles. The van der Waals surface area contributed by atoms with E-state index in [1.54, 1.807) is 0 Å². The molecule has 5 N–H and O–H groups in total. The van der Waals surface area contributed by atoms with Crippen molar-refractivity contribution in [2.75, 3.05) is 23.7 Å². The van der Waals surface area contributed by atoms with E-state index in [2.05, 4.69) is 4.90 Å². The molecule has 1 aromatic carbocycles. The standard InChI is InChI=1S/C11H17N3O/c12-6-8-1-2-11(10(13)5-8)14-4-3-9(15)7-14/h1-2,5,9,15H,3-4,6-7,12-13H2. The number of aliphatic hydroxyl groups is 1. The number of β-amino-alcohol motifs (C(OH)–C–C–N with tert-alkyl or cyclic N) is 1. The average Bonchev–Trinajstić information content (AvgIpc) is 2.64. The summed E-state index contributed by atoms with van der Waals surface area (Å²) in [4.78, 5) is 2.11. The van der Waals surface area contributed by atoms with Gasteiger partial charge in [0.25, 0.3) is 0 Å². The molecule has 4 heteroatoms. The molecule has 1 atom stereocenters. The lowest BCUT2D eigenvalue weighted by Crippen LogP contribution is -2.22. The molecule has 1 aromatic rings. The Morgan fingerprint density at radius 3 is 2.80 bits per heavy atom. The third-order valence-electron chi connectivity index (χ3n) is 2.83. The van der Waals surface area contributed by atoms with Crippen LogP contribution < -0.4 is 16.4 Å². The number of hydrogen-bond acceptors (Lipinski definition) is 4. The number of rotatable bonds is 2. The highest BCUT2D eigenvalue weighted by atomic mass is 16.3. The minimum atomic E-state index is -0.224. The first kappa shape index (κ1) is 10.3. The summed E-state index contributed by atoms with van der Waals surface area (Å²) in [5.74, 6) is 0. The Kier molecular flexibility index (Phi) is 2.79. The normalized spacial score (nSPS) is 20.9. The second-order valence-electron chi connectivity index (χ2n) is 3.99. The van der Waals surface area contributed by atoms with E-state index < -0.39 is 0 Å². The first-order chi connectivity index (χ1) is 7.20. The molecule has 0 aliphatic carbocycles. The van der Waals surface area contributed by atoms with Gasteiger partial charge in [-0.05, 0) is 24.1 Å². The summed E-state index contributed by atoms with van der Waals surface area (Å²) >= 11 is 0. The Morgan fingerprint density at radius 1 is 1.47 bits per heavy atom. The summed E-state index contributed by atoms with van der Waals surface area (Å²) in [7, 11) is 0. The lowest BCUT2D eigenvalue weighted by Gasteiger charge is -2.20. The number of nitrogen functional groups attached to an aromatic ring is 1. The number of aliphatic hydroxyl groups excluding tert-OH is 1. The molecular weight excluding hydrogens is 190 g/mol. The first-order valence-corrected chi connectivity index (χ1v) is 5.22. The molecule has 0 radical (unpaired) electrons. The minimum absolute atomic E-state index is 0.224. The van der Waals surface area contributed by atoms with E-state index >= 15 is 0 Å². The Morgan fingerprint density at radius 2 is 2.27 bits per heavy atom. The van der Waals surface area contributed by atoms with Crippen LogP contribution in [0.5, 0.6) is 0 Å². The minimum Gasteiger partial charge on any atom is -0.397 e. The fraction of sp³-hybridized carbons (Fsp3) is 0.455. The van der Waals surface area contributed by atoms with Gasteiger partial charge in [0.2, 0.25) is 0 Å². The molecule has 0 aromatic heterocycles. The summed E-state index contributed by atoms with van der Waals surface area (Å²) in [6.45, 7) is 2.05. The van der Waals surface area contributed by atoms with Crippen LogP contribution in [0.3, 0.4) is 0 Å². The van der Waals surface area contributed by atoms with Crippen molar-refractivity contribution in [2.24, 2.45) is 5.73 Å². The van der Waals surface area contributed by atoms with E-state index in [1.165, 1.54) is 0 Å². The molecule has 1 aliphatic heterocycles.